The molecule has 0 aliphatic rings. The zero-order valence-corrected chi connectivity index (χ0v) is 8.29. The van der Waals surface area contributed by atoms with Crippen molar-refractivity contribution in [3.05, 3.63) is 48.7 Å². The lowest BCUT2D eigenvalue weighted by Crippen LogP contribution is -1.94. The van der Waals surface area contributed by atoms with E-state index in [-0.39, 0.29) is 4.90 Å². The van der Waals surface area contributed by atoms with Crippen LogP contribution in [0.5, 0.6) is 0 Å². The van der Waals surface area contributed by atoms with Gasteiger partial charge in [0.1, 0.15) is 0 Å². The van der Waals surface area contributed by atoms with E-state index in [1.807, 2.05) is 24.3 Å². The Morgan fingerprint density at radius 2 is 1.57 bits per heavy atom. The van der Waals surface area contributed by atoms with Gasteiger partial charge in [-0.25, -0.2) is 8.42 Å². The second-order valence-corrected chi connectivity index (χ2v) is 4.76. The molecule has 0 aromatic heterocycles. The SMILES string of the molecule is [CH2]S(=O)(=O)c1cccc2ccccc12. The molecule has 0 unspecified atom stereocenters. The summed E-state index contributed by atoms with van der Waals surface area (Å²) in [5.41, 5.74) is 0. The molecule has 0 amide bonds. The van der Waals surface area contributed by atoms with E-state index in [1.165, 1.54) is 0 Å². The molecule has 2 rings (SSSR count). The Hall–Kier alpha value is -1.35. The molecule has 2 aromatic carbocycles. The summed E-state index contributed by atoms with van der Waals surface area (Å²) in [6.45, 7) is 0. The predicted octanol–water partition coefficient (Wildman–Crippen LogP) is 2.41. The molecule has 0 aliphatic carbocycles. The lowest BCUT2D eigenvalue weighted by Gasteiger charge is -2.03. The molecule has 0 N–H and O–H groups in total. The van der Waals surface area contributed by atoms with Crippen molar-refractivity contribution in [2.45, 2.75) is 4.90 Å². The first-order chi connectivity index (χ1) is 6.59. The smallest absolute Gasteiger partial charge is 0.180 e. The van der Waals surface area contributed by atoms with E-state index in [1.54, 1.807) is 18.2 Å². The maximum atomic E-state index is 11.3. The lowest BCUT2D eigenvalue weighted by molar-refractivity contribution is 0.605. The van der Waals surface area contributed by atoms with Crippen LogP contribution in [0.2, 0.25) is 0 Å². The van der Waals surface area contributed by atoms with Crippen molar-refractivity contribution in [2.75, 3.05) is 0 Å². The monoisotopic (exact) mass is 205 g/mol. The van der Waals surface area contributed by atoms with Crippen LogP contribution in [0.25, 0.3) is 10.8 Å². The third-order valence-electron chi connectivity index (χ3n) is 2.08. The van der Waals surface area contributed by atoms with Gasteiger partial charge in [-0.05, 0) is 11.5 Å². The molecule has 3 heteroatoms. The van der Waals surface area contributed by atoms with Crippen LogP contribution in [0.15, 0.2) is 47.4 Å². The Morgan fingerprint density at radius 1 is 0.929 bits per heavy atom. The molecular formula is C11H9O2S. The number of hydrogen-bond donors (Lipinski definition) is 0. The molecule has 1 radical (unpaired) electrons. The zero-order valence-electron chi connectivity index (χ0n) is 7.47. The summed E-state index contributed by atoms with van der Waals surface area (Å²) in [7, 11) is -3.38. The number of hydrogen-bond acceptors (Lipinski definition) is 2. The molecule has 0 fully saturated rings. The maximum absolute atomic E-state index is 11.3. The van der Waals surface area contributed by atoms with Crippen molar-refractivity contribution in [2.24, 2.45) is 0 Å². The molecule has 0 bridgehead atoms. The first-order valence-electron chi connectivity index (χ1n) is 4.15. The van der Waals surface area contributed by atoms with Crippen LogP contribution in [0.1, 0.15) is 0 Å². The van der Waals surface area contributed by atoms with Crippen LogP contribution in [0.4, 0.5) is 0 Å². The Balaban J connectivity index is 2.92. The third kappa shape index (κ3) is 1.51. The molecule has 0 saturated heterocycles. The van der Waals surface area contributed by atoms with Crippen LogP contribution >= 0.6 is 0 Å². The first-order valence-corrected chi connectivity index (χ1v) is 5.80. The molecule has 0 spiro atoms. The largest absolute Gasteiger partial charge is 0.224 e. The van der Waals surface area contributed by atoms with E-state index >= 15 is 0 Å². The molecule has 0 atom stereocenters. The highest BCUT2D eigenvalue weighted by Gasteiger charge is 2.10. The van der Waals surface area contributed by atoms with Crippen molar-refractivity contribution in [3.63, 3.8) is 0 Å². The van der Waals surface area contributed by atoms with E-state index in [9.17, 15) is 8.42 Å². The number of sulfone groups is 1. The van der Waals surface area contributed by atoms with Gasteiger partial charge in [0.15, 0.2) is 9.84 Å². The van der Waals surface area contributed by atoms with Gasteiger partial charge < -0.3 is 0 Å². The van der Waals surface area contributed by atoms with Crippen molar-refractivity contribution in [3.8, 4) is 0 Å². The van der Waals surface area contributed by atoms with Gasteiger partial charge in [0.05, 0.1) is 11.2 Å². The van der Waals surface area contributed by atoms with E-state index in [4.69, 9.17) is 0 Å². The predicted molar refractivity (Wildman–Crippen MR) is 56.5 cm³/mol. The molecule has 0 saturated carbocycles. The summed E-state index contributed by atoms with van der Waals surface area (Å²) in [5, 5.41) is 1.64. The number of rotatable bonds is 1. The van der Waals surface area contributed by atoms with Crippen molar-refractivity contribution in [1.82, 2.24) is 0 Å². The average molecular weight is 205 g/mol. The molecular weight excluding hydrogens is 196 g/mol. The van der Waals surface area contributed by atoms with E-state index in [0.29, 0.717) is 0 Å². The summed E-state index contributed by atoms with van der Waals surface area (Å²) in [6, 6.07) is 12.5. The quantitative estimate of drug-likeness (QED) is 0.716. The topological polar surface area (TPSA) is 34.1 Å². The molecule has 71 valence electrons. The van der Waals surface area contributed by atoms with Crippen LogP contribution in [0.3, 0.4) is 0 Å². The van der Waals surface area contributed by atoms with Crippen LogP contribution < -0.4 is 0 Å². The summed E-state index contributed by atoms with van der Waals surface area (Å²) in [4.78, 5) is 0.288. The Labute approximate surface area is 83.1 Å². The maximum Gasteiger partial charge on any atom is 0.180 e. The van der Waals surface area contributed by atoms with Crippen molar-refractivity contribution >= 4 is 20.6 Å². The fourth-order valence-corrected chi connectivity index (χ4v) is 2.27. The van der Waals surface area contributed by atoms with Gasteiger partial charge >= 0.3 is 0 Å². The summed E-state index contributed by atoms with van der Waals surface area (Å²) in [6.07, 6.45) is 3.16. The average Bonchev–Trinajstić information content (AvgIpc) is 2.15. The van der Waals surface area contributed by atoms with Gasteiger partial charge in [0.2, 0.25) is 0 Å². The molecule has 2 aromatic rings. The zero-order chi connectivity index (χ0) is 10.2. The molecule has 0 aliphatic heterocycles. The van der Waals surface area contributed by atoms with Crippen LogP contribution in [-0.2, 0) is 9.84 Å². The highest BCUT2D eigenvalue weighted by atomic mass is 32.2. The molecule has 14 heavy (non-hydrogen) atoms. The number of benzene rings is 2. The van der Waals surface area contributed by atoms with E-state index < -0.39 is 9.84 Å². The van der Waals surface area contributed by atoms with Gasteiger partial charge in [-0.3, -0.25) is 0 Å². The fourth-order valence-electron chi connectivity index (χ4n) is 1.47. The lowest BCUT2D eigenvalue weighted by atomic mass is 10.1. The highest BCUT2D eigenvalue weighted by Crippen LogP contribution is 2.22. The summed E-state index contributed by atoms with van der Waals surface area (Å²) < 4.78 is 22.7. The normalized spacial score (nSPS) is 11.8. The third-order valence-corrected chi connectivity index (χ3v) is 3.11. The fraction of sp³-hybridized carbons (Fsp3) is 0. The Bertz CT molecular complexity index is 565. The summed E-state index contributed by atoms with van der Waals surface area (Å²) >= 11 is 0. The highest BCUT2D eigenvalue weighted by molar-refractivity contribution is 7.92. The molecule has 2 nitrogen and oxygen atoms in total. The van der Waals surface area contributed by atoms with Gasteiger partial charge in [0, 0.05) is 5.39 Å². The minimum absolute atomic E-state index is 0.288. The van der Waals surface area contributed by atoms with E-state index in [2.05, 4.69) is 6.26 Å². The standard InChI is InChI=1S/C11H9O2S/c1-14(12,13)11-8-4-6-9-5-2-3-7-10(9)11/h2-8H,1H2. The molecule has 0 heterocycles. The van der Waals surface area contributed by atoms with Gasteiger partial charge in [-0.2, -0.15) is 0 Å². The number of fused-ring (bicyclic) bond motifs is 1. The second kappa shape index (κ2) is 3.10. The van der Waals surface area contributed by atoms with Crippen LogP contribution in [-0.4, -0.2) is 8.42 Å². The summed E-state index contributed by atoms with van der Waals surface area (Å²) in [5.74, 6) is 0. The first kappa shape index (κ1) is 9.21. The van der Waals surface area contributed by atoms with Crippen LogP contribution in [0, 0.1) is 6.26 Å². The van der Waals surface area contributed by atoms with Crippen molar-refractivity contribution < 1.29 is 8.42 Å². The Kier molecular flexibility index (Phi) is 2.04. The van der Waals surface area contributed by atoms with E-state index in [0.717, 1.165) is 10.8 Å². The minimum atomic E-state index is -3.38. The minimum Gasteiger partial charge on any atom is -0.224 e. The Morgan fingerprint density at radius 3 is 2.29 bits per heavy atom. The van der Waals surface area contributed by atoms with Gasteiger partial charge in [-0.15, -0.1) is 0 Å². The van der Waals surface area contributed by atoms with Crippen molar-refractivity contribution in [1.29, 1.82) is 0 Å². The van der Waals surface area contributed by atoms with Gasteiger partial charge in [0.25, 0.3) is 0 Å². The van der Waals surface area contributed by atoms with Gasteiger partial charge in [-0.1, -0.05) is 36.4 Å². The second-order valence-electron chi connectivity index (χ2n) is 3.09.